The van der Waals surface area contributed by atoms with Crippen molar-refractivity contribution in [2.45, 2.75) is 18.9 Å². The number of carbonyl (C=O) groups excluding carboxylic acids is 2. The van der Waals surface area contributed by atoms with Gasteiger partial charge in [0.15, 0.2) is 6.29 Å². The van der Waals surface area contributed by atoms with E-state index >= 15 is 0 Å². The molecular weight excluding hydrogens is 286 g/mol. The maximum Gasteiger partial charge on any atom is 0.308 e. The van der Waals surface area contributed by atoms with Crippen molar-refractivity contribution in [1.29, 1.82) is 0 Å². The molecule has 22 heavy (non-hydrogen) atoms. The summed E-state index contributed by atoms with van der Waals surface area (Å²) < 4.78 is 9.95. The van der Waals surface area contributed by atoms with Crippen LogP contribution in [0.1, 0.15) is 28.8 Å². The summed E-state index contributed by atoms with van der Waals surface area (Å²) in [5.74, 6) is 0.209. The number of ether oxygens (including phenoxy) is 2. The van der Waals surface area contributed by atoms with Crippen molar-refractivity contribution in [2.24, 2.45) is 17.0 Å². The lowest BCUT2D eigenvalue weighted by Gasteiger charge is -2.11. The van der Waals surface area contributed by atoms with Crippen molar-refractivity contribution in [2.75, 3.05) is 14.2 Å². The average molecular weight is 303 g/mol. The number of aldehydes is 1. The molecule has 3 unspecified atom stereocenters. The van der Waals surface area contributed by atoms with Crippen LogP contribution in [0.4, 0.5) is 0 Å². The van der Waals surface area contributed by atoms with E-state index in [0.717, 1.165) is 17.6 Å². The Morgan fingerprint density at radius 2 is 2.18 bits per heavy atom. The standard InChI is InChI=1S/C16H17NO5/c1-20-13-4-3-9(5-11(13)8-18)15-12-6-10(16(19)21-2)7-14(12)22-17-15/h3-5,8,10,12,14H,6-7H2,1-2H3. The summed E-state index contributed by atoms with van der Waals surface area (Å²) in [7, 11) is 2.91. The van der Waals surface area contributed by atoms with Crippen molar-refractivity contribution in [3.8, 4) is 5.75 Å². The monoisotopic (exact) mass is 303 g/mol. The van der Waals surface area contributed by atoms with Crippen molar-refractivity contribution < 1.29 is 23.9 Å². The first kappa shape index (κ1) is 14.6. The number of carbonyl (C=O) groups is 2. The van der Waals surface area contributed by atoms with Gasteiger partial charge in [0, 0.05) is 17.9 Å². The molecule has 1 aliphatic heterocycles. The highest BCUT2D eigenvalue weighted by atomic mass is 16.6. The molecule has 1 aromatic carbocycles. The summed E-state index contributed by atoms with van der Waals surface area (Å²) >= 11 is 0. The van der Waals surface area contributed by atoms with E-state index in [0.29, 0.717) is 24.2 Å². The van der Waals surface area contributed by atoms with Gasteiger partial charge in [-0.05, 0) is 24.6 Å². The smallest absolute Gasteiger partial charge is 0.308 e. The molecule has 0 aromatic heterocycles. The van der Waals surface area contributed by atoms with Gasteiger partial charge in [0.1, 0.15) is 11.9 Å². The minimum absolute atomic E-state index is 0.0528. The van der Waals surface area contributed by atoms with Gasteiger partial charge in [-0.3, -0.25) is 9.59 Å². The number of hydrogen-bond acceptors (Lipinski definition) is 6. The zero-order chi connectivity index (χ0) is 15.7. The van der Waals surface area contributed by atoms with Crippen LogP contribution in [-0.2, 0) is 14.4 Å². The molecule has 1 saturated carbocycles. The van der Waals surface area contributed by atoms with Crippen LogP contribution in [0.15, 0.2) is 23.4 Å². The molecule has 3 rings (SSSR count). The first-order valence-corrected chi connectivity index (χ1v) is 7.13. The fourth-order valence-electron chi connectivity index (χ4n) is 3.21. The van der Waals surface area contributed by atoms with E-state index in [1.807, 2.05) is 6.07 Å². The zero-order valence-corrected chi connectivity index (χ0v) is 12.4. The minimum atomic E-state index is -0.208. The molecule has 1 aliphatic carbocycles. The molecule has 2 aliphatic rings. The quantitative estimate of drug-likeness (QED) is 0.626. The van der Waals surface area contributed by atoms with Gasteiger partial charge in [-0.1, -0.05) is 5.16 Å². The van der Waals surface area contributed by atoms with Crippen LogP contribution in [0.5, 0.6) is 5.75 Å². The third-order valence-corrected chi connectivity index (χ3v) is 4.33. The molecule has 1 heterocycles. The second-order valence-corrected chi connectivity index (χ2v) is 5.49. The van der Waals surface area contributed by atoms with Gasteiger partial charge in [0.25, 0.3) is 0 Å². The first-order valence-electron chi connectivity index (χ1n) is 7.13. The Hall–Kier alpha value is -2.37. The van der Waals surface area contributed by atoms with Crippen LogP contribution in [0.25, 0.3) is 0 Å². The fourth-order valence-corrected chi connectivity index (χ4v) is 3.21. The Bertz CT molecular complexity index is 639. The van der Waals surface area contributed by atoms with Crippen LogP contribution in [-0.4, -0.2) is 38.3 Å². The van der Waals surface area contributed by atoms with E-state index in [2.05, 4.69) is 5.16 Å². The van der Waals surface area contributed by atoms with E-state index in [9.17, 15) is 9.59 Å². The molecule has 1 fully saturated rings. The highest BCUT2D eigenvalue weighted by molar-refractivity contribution is 6.04. The average Bonchev–Trinajstić information content (AvgIpc) is 3.13. The Morgan fingerprint density at radius 1 is 1.36 bits per heavy atom. The molecule has 116 valence electrons. The number of methoxy groups -OCH3 is 2. The number of benzene rings is 1. The van der Waals surface area contributed by atoms with Crippen LogP contribution in [0, 0.1) is 11.8 Å². The predicted molar refractivity (Wildman–Crippen MR) is 78.0 cm³/mol. The maximum atomic E-state index is 11.7. The Kier molecular flexibility index (Phi) is 3.83. The molecule has 6 heteroatoms. The van der Waals surface area contributed by atoms with Crippen LogP contribution in [0.3, 0.4) is 0 Å². The summed E-state index contributed by atoms with van der Waals surface area (Å²) in [4.78, 5) is 28.3. The first-order chi connectivity index (χ1) is 10.7. The second kappa shape index (κ2) is 5.79. The Balaban J connectivity index is 1.85. The molecule has 0 spiro atoms. The van der Waals surface area contributed by atoms with E-state index in [1.54, 1.807) is 12.1 Å². The van der Waals surface area contributed by atoms with Crippen molar-refractivity contribution in [1.82, 2.24) is 0 Å². The molecule has 0 bridgehead atoms. The van der Waals surface area contributed by atoms with Crippen molar-refractivity contribution >= 4 is 18.0 Å². The lowest BCUT2D eigenvalue weighted by Crippen LogP contribution is -2.18. The van der Waals surface area contributed by atoms with E-state index in [-0.39, 0.29) is 23.9 Å². The zero-order valence-electron chi connectivity index (χ0n) is 12.4. The van der Waals surface area contributed by atoms with Crippen molar-refractivity contribution in [3.63, 3.8) is 0 Å². The summed E-state index contributed by atoms with van der Waals surface area (Å²) in [6.45, 7) is 0. The van der Waals surface area contributed by atoms with Crippen molar-refractivity contribution in [3.05, 3.63) is 29.3 Å². The lowest BCUT2D eigenvalue weighted by atomic mass is 9.92. The summed E-state index contributed by atoms with van der Waals surface area (Å²) in [6, 6.07) is 5.32. The molecule has 0 N–H and O–H groups in total. The van der Waals surface area contributed by atoms with Gasteiger partial charge in [0.05, 0.1) is 31.4 Å². The molecule has 6 nitrogen and oxygen atoms in total. The number of rotatable bonds is 4. The largest absolute Gasteiger partial charge is 0.496 e. The maximum absolute atomic E-state index is 11.7. The molecular formula is C16H17NO5. The molecule has 0 radical (unpaired) electrons. The summed E-state index contributed by atoms with van der Waals surface area (Å²) in [6.07, 6.45) is 1.92. The van der Waals surface area contributed by atoms with Gasteiger partial charge in [0.2, 0.25) is 0 Å². The third kappa shape index (κ3) is 2.34. The number of fused-ring (bicyclic) bond motifs is 1. The van der Waals surface area contributed by atoms with Gasteiger partial charge in [-0.25, -0.2) is 0 Å². The third-order valence-electron chi connectivity index (χ3n) is 4.33. The SMILES string of the molecule is COC(=O)C1CC2ON=C(c3ccc(OC)c(C=O)c3)C2C1. The lowest BCUT2D eigenvalue weighted by molar-refractivity contribution is -0.145. The molecule has 3 atom stereocenters. The number of hydrogen-bond donors (Lipinski definition) is 0. The molecule has 0 saturated heterocycles. The molecule has 0 amide bonds. The summed E-state index contributed by atoms with van der Waals surface area (Å²) in [5.41, 5.74) is 2.07. The topological polar surface area (TPSA) is 74.2 Å². The van der Waals surface area contributed by atoms with Gasteiger partial charge >= 0.3 is 5.97 Å². The number of esters is 1. The fraction of sp³-hybridized carbons (Fsp3) is 0.438. The van der Waals surface area contributed by atoms with Crippen LogP contribution >= 0.6 is 0 Å². The normalized spacial score (nSPS) is 25.9. The van der Waals surface area contributed by atoms with E-state index in [4.69, 9.17) is 14.3 Å². The second-order valence-electron chi connectivity index (χ2n) is 5.49. The van der Waals surface area contributed by atoms with Crippen LogP contribution in [0.2, 0.25) is 0 Å². The van der Waals surface area contributed by atoms with Gasteiger partial charge in [-0.15, -0.1) is 0 Å². The predicted octanol–water partition coefficient (Wildman–Crippen LogP) is 1.81. The van der Waals surface area contributed by atoms with Gasteiger partial charge in [-0.2, -0.15) is 0 Å². The minimum Gasteiger partial charge on any atom is -0.496 e. The summed E-state index contributed by atoms with van der Waals surface area (Å²) in [5, 5.41) is 4.15. The van der Waals surface area contributed by atoms with E-state index in [1.165, 1.54) is 14.2 Å². The number of nitrogens with zero attached hydrogens (tertiary/aromatic N) is 1. The van der Waals surface area contributed by atoms with E-state index < -0.39 is 0 Å². The van der Waals surface area contributed by atoms with Gasteiger partial charge < -0.3 is 14.3 Å². The highest BCUT2D eigenvalue weighted by Crippen LogP contribution is 2.40. The van der Waals surface area contributed by atoms with Crippen LogP contribution < -0.4 is 4.74 Å². The Labute approximate surface area is 128 Å². The molecule has 1 aromatic rings. The number of oxime groups is 1. The highest BCUT2D eigenvalue weighted by Gasteiger charge is 2.46. The Morgan fingerprint density at radius 3 is 2.86 bits per heavy atom.